The van der Waals surface area contributed by atoms with Crippen molar-refractivity contribution in [2.75, 3.05) is 5.73 Å². The molecule has 0 bridgehead atoms. The smallest absolute Gasteiger partial charge is 0.138 e. The maximum absolute atomic E-state index is 6.00. The van der Waals surface area contributed by atoms with Crippen LogP contribution in [0.5, 0.6) is 0 Å². The first-order chi connectivity index (χ1) is 8.61. The topological polar surface area (TPSA) is 54.7 Å². The summed E-state index contributed by atoms with van der Waals surface area (Å²) in [5.74, 6) is 0.782. The molecule has 0 amide bonds. The molecule has 0 saturated carbocycles. The molecule has 3 N–H and O–H groups in total. The Kier molecular flexibility index (Phi) is 2.49. The van der Waals surface area contributed by atoms with Crippen LogP contribution in [0.1, 0.15) is 5.56 Å². The number of nitrogens with two attached hydrogens (primary N) is 1. The van der Waals surface area contributed by atoms with Crippen LogP contribution in [0, 0.1) is 6.92 Å². The van der Waals surface area contributed by atoms with E-state index in [1.54, 1.807) is 6.07 Å². The van der Waals surface area contributed by atoms with Gasteiger partial charge in [-0.15, -0.1) is 0 Å². The molecular formula is C14H12ClN3. The number of aryl methyl sites for hydroxylation is 1. The fourth-order valence-electron chi connectivity index (χ4n) is 2.01. The van der Waals surface area contributed by atoms with Gasteiger partial charge in [-0.25, -0.2) is 4.98 Å². The van der Waals surface area contributed by atoms with Gasteiger partial charge in [-0.1, -0.05) is 17.7 Å². The quantitative estimate of drug-likeness (QED) is 0.652. The van der Waals surface area contributed by atoms with E-state index in [-0.39, 0.29) is 0 Å². The minimum Gasteiger partial charge on any atom is -0.399 e. The lowest BCUT2D eigenvalue weighted by atomic mass is 10.2. The van der Waals surface area contributed by atoms with E-state index >= 15 is 0 Å². The zero-order valence-corrected chi connectivity index (χ0v) is 10.6. The Bertz CT molecular complexity index is 711. The largest absolute Gasteiger partial charge is 0.399 e. The van der Waals surface area contributed by atoms with Crippen LogP contribution in [0.25, 0.3) is 22.4 Å². The van der Waals surface area contributed by atoms with Crippen molar-refractivity contribution in [1.29, 1.82) is 0 Å². The number of imidazole rings is 1. The van der Waals surface area contributed by atoms with Gasteiger partial charge in [-0.2, -0.15) is 0 Å². The highest BCUT2D eigenvalue weighted by Crippen LogP contribution is 2.26. The number of nitrogens with zero attached hydrogens (tertiary/aromatic N) is 1. The van der Waals surface area contributed by atoms with E-state index in [4.69, 9.17) is 17.3 Å². The van der Waals surface area contributed by atoms with Crippen molar-refractivity contribution in [2.45, 2.75) is 6.92 Å². The lowest BCUT2D eigenvalue weighted by molar-refractivity contribution is 1.34. The standard InChI is InChI=1S/C14H12ClN3/c1-8-2-3-12-13(4-8)18-14(17-12)9-5-10(15)7-11(16)6-9/h2-7H,16H2,1H3,(H,17,18). The fraction of sp³-hybridized carbons (Fsp3) is 0.0714. The molecule has 90 valence electrons. The molecule has 0 saturated heterocycles. The number of nitrogens with one attached hydrogen (secondary N) is 1. The van der Waals surface area contributed by atoms with E-state index in [0.717, 1.165) is 22.4 Å². The third-order valence-corrected chi connectivity index (χ3v) is 3.05. The van der Waals surface area contributed by atoms with Crippen LogP contribution in [0.2, 0.25) is 5.02 Å². The number of benzene rings is 2. The van der Waals surface area contributed by atoms with Crippen LogP contribution in [0.4, 0.5) is 5.69 Å². The number of hydrogen-bond donors (Lipinski definition) is 2. The Balaban J connectivity index is 2.19. The summed E-state index contributed by atoms with van der Waals surface area (Å²) in [5, 5.41) is 0.613. The predicted octanol–water partition coefficient (Wildman–Crippen LogP) is 3.77. The molecule has 0 aliphatic heterocycles. The van der Waals surface area contributed by atoms with Crippen LogP contribution in [-0.4, -0.2) is 9.97 Å². The average molecular weight is 258 g/mol. The molecule has 3 nitrogen and oxygen atoms in total. The molecule has 1 heterocycles. The summed E-state index contributed by atoms with van der Waals surface area (Å²) < 4.78 is 0. The van der Waals surface area contributed by atoms with Gasteiger partial charge >= 0.3 is 0 Å². The van der Waals surface area contributed by atoms with Gasteiger partial charge in [0.2, 0.25) is 0 Å². The van der Waals surface area contributed by atoms with E-state index in [0.29, 0.717) is 10.7 Å². The molecule has 0 aliphatic carbocycles. The van der Waals surface area contributed by atoms with Gasteiger partial charge in [0.05, 0.1) is 11.0 Å². The average Bonchev–Trinajstić information content (AvgIpc) is 2.70. The Morgan fingerprint density at radius 1 is 1.17 bits per heavy atom. The molecule has 0 spiro atoms. The highest BCUT2D eigenvalue weighted by Gasteiger charge is 2.06. The molecule has 0 aliphatic rings. The Morgan fingerprint density at radius 2 is 2.00 bits per heavy atom. The van der Waals surface area contributed by atoms with E-state index in [2.05, 4.69) is 23.0 Å². The number of fused-ring (bicyclic) bond motifs is 1. The third kappa shape index (κ3) is 1.93. The van der Waals surface area contributed by atoms with Crippen LogP contribution >= 0.6 is 11.6 Å². The number of anilines is 1. The summed E-state index contributed by atoms with van der Waals surface area (Å²) >= 11 is 6.00. The monoisotopic (exact) mass is 257 g/mol. The van der Waals surface area contributed by atoms with Crippen LogP contribution in [0.3, 0.4) is 0 Å². The molecule has 3 rings (SSSR count). The van der Waals surface area contributed by atoms with Crippen molar-refractivity contribution < 1.29 is 0 Å². The van der Waals surface area contributed by atoms with Gasteiger partial charge in [-0.05, 0) is 42.8 Å². The zero-order chi connectivity index (χ0) is 12.7. The first-order valence-electron chi connectivity index (χ1n) is 5.64. The molecule has 0 unspecified atom stereocenters. The molecule has 0 fully saturated rings. The number of aromatic nitrogens is 2. The minimum atomic E-state index is 0.613. The van der Waals surface area contributed by atoms with Crippen LogP contribution < -0.4 is 5.73 Å². The number of rotatable bonds is 1. The number of H-pyrrole nitrogens is 1. The van der Waals surface area contributed by atoms with E-state index < -0.39 is 0 Å². The predicted molar refractivity (Wildman–Crippen MR) is 75.7 cm³/mol. The number of aromatic amines is 1. The lowest BCUT2D eigenvalue weighted by Gasteiger charge is -2.00. The van der Waals surface area contributed by atoms with Gasteiger partial charge < -0.3 is 10.7 Å². The first-order valence-corrected chi connectivity index (χ1v) is 6.02. The van der Waals surface area contributed by atoms with Crippen LogP contribution in [0.15, 0.2) is 36.4 Å². The van der Waals surface area contributed by atoms with Gasteiger partial charge in [0, 0.05) is 16.3 Å². The van der Waals surface area contributed by atoms with Gasteiger partial charge in [0.15, 0.2) is 0 Å². The summed E-state index contributed by atoms with van der Waals surface area (Å²) in [6.45, 7) is 2.05. The molecule has 1 aromatic heterocycles. The Morgan fingerprint density at radius 3 is 2.78 bits per heavy atom. The second kappa shape index (κ2) is 4.03. The van der Waals surface area contributed by atoms with E-state index in [9.17, 15) is 0 Å². The Labute approximate surface area is 110 Å². The highest BCUT2D eigenvalue weighted by molar-refractivity contribution is 6.31. The molecule has 18 heavy (non-hydrogen) atoms. The highest BCUT2D eigenvalue weighted by atomic mass is 35.5. The fourth-order valence-corrected chi connectivity index (χ4v) is 2.25. The molecule has 2 aromatic carbocycles. The van der Waals surface area contributed by atoms with Gasteiger partial charge in [-0.3, -0.25) is 0 Å². The summed E-state index contributed by atoms with van der Waals surface area (Å²) in [6.07, 6.45) is 0. The molecule has 0 radical (unpaired) electrons. The lowest BCUT2D eigenvalue weighted by Crippen LogP contribution is -1.87. The summed E-state index contributed by atoms with van der Waals surface area (Å²) in [6, 6.07) is 11.5. The SMILES string of the molecule is Cc1ccc2nc(-c3cc(N)cc(Cl)c3)[nH]c2c1. The zero-order valence-electron chi connectivity index (χ0n) is 9.87. The maximum atomic E-state index is 6.00. The minimum absolute atomic E-state index is 0.613. The maximum Gasteiger partial charge on any atom is 0.138 e. The van der Waals surface area contributed by atoms with Gasteiger partial charge in [0.25, 0.3) is 0 Å². The van der Waals surface area contributed by atoms with Crippen LogP contribution in [-0.2, 0) is 0 Å². The molecule has 0 atom stereocenters. The third-order valence-electron chi connectivity index (χ3n) is 2.83. The Hall–Kier alpha value is -2.00. The second-order valence-electron chi connectivity index (χ2n) is 4.38. The molecule has 3 aromatic rings. The van der Waals surface area contributed by atoms with Crippen molar-refractivity contribution in [3.05, 3.63) is 47.0 Å². The first kappa shape index (κ1) is 11.1. The normalized spacial score (nSPS) is 11.0. The summed E-state index contributed by atoms with van der Waals surface area (Å²) in [7, 11) is 0. The van der Waals surface area contributed by atoms with Crippen molar-refractivity contribution in [1.82, 2.24) is 9.97 Å². The van der Waals surface area contributed by atoms with Crippen molar-refractivity contribution in [3.8, 4) is 11.4 Å². The molecular weight excluding hydrogens is 246 g/mol. The number of halogens is 1. The van der Waals surface area contributed by atoms with Crippen molar-refractivity contribution in [3.63, 3.8) is 0 Å². The number of nitrogen functional groups attached to an aromatic ring is 1. The van der Waals surface area contributed by atoms with E-state index in [1.165, 1.54) is 5.56 Å². The van der Waals surface area contributed by atoms with Gasteiger partial charge in [0.1, 0.15) is 5.82 Å². The van der Waals surface area contributed by atoms with Crippen molar-refractivity contribution >= 4 is 28.3 Å². The van der Waals surface area contributed by atoms with Crippen molar-refractivity contribution in [2.24, 2.45) is 0 Å². The van der Waals surface area contributed by atoms with E-state index in [1.807, 2.05) is 24.3 Å². The summed E-state index contributed by atoms with van der Waals surface area (Å²) in [5.41, 5.74) is 10.5. The number of hydrogen-bond acceptors (Lipinski definition) is 2. The summed E-state index contributed by atoms with van der Waals surface area (Å²) in [4.78, 5) is 7.82. The molecule has 4 heteroatoms. The second-order valence-corrected chi connectivity index (χ2v) is 4.82.